The number of aromatic hydroxyl groups is 1. The topological polar surface area (TPSA) is 330 Å². The molecule has 24 heteroatoms. The van der Waals surface area contributed by atoms with Crippen LogP contribution in [0.3, 0.4) is 0 Å². The molecule has 398 valence electrons. The van der Waals surface area contributed by atoms with Crippen molar-refractivity contribution in [1.82, 2.24) is 41.3 Å². The van der Waals surface area contributed by atoms with E-state index in [1.165, 1.54) is 66.9 Å². The number of benzene rings is 2. The van der Waals surface area contributed by atoms with Gasteiger partial charge in [-0.15, -0.1) is 0 Å². The van der Waals surface area contributed by atoms with E-state index < -0.39 is 96.4 Å². The van der Waals surface area contributed by atoms with Crippen LogP contribution in [-0.4, -0.2) is 183 Å². The number of carboxylic acids is 1. The third-order valence-corrected chi connectivity index (χ3v) is 14.2. The fraction of sp³-hybridized carbons (Fsp3) is 0.562. The summed E-state index contributed by atoms with van der Waals surface area (Å²) in [6, 6.07) is 7.43. The number of carboxylic acid groups (broad SMARTS) is 1. The zero-order chi connectivity index (χ0) is 53.3. The van der Waals surface area contributed by atoms with Crippen molar-refractivity contribution >= 4 is 74.8 Å². The van der Waals surface area contributed by atoms with Gasteiger partial charge in [0.15, 0.2) is 0 Å². The van der Waals surface area contributed by atoms with Gasteiger partial charge in [0.1, 0.15) is 36.0 Å². The van der Waals surface area contributed by atoms with E-state index in [1.807, 2.05) is 6.92 Å². The third kappa shape index (κ3) is 20.3. The van der Waals surface area contributed by atoms with E-state index >= 15 is 0 Å². The summed E-state index contributed by atoms with van der Waals surface area (Å²) >= 11 is 0. The molecule has 22 nitrogen and oxygen atoms in total. The van der Waals surface area contributed by atoms with Gasteiger partial charge in [-0.3, -0.25) is 38.4 Å². The number of hydrogen-bond donors (Lipinski definition) is 10. The van der Waals surface area contributed by atoms with E-state index in [0.717, 1.165) is 16.2 Å². The summed E-state index contributed by atoms with van der Waals surface area (Å²) in [4.78, 5) is 126. The molecule has 0 unspecified atom stereocenters. The molecule has 1 aliphatic rings. The molecule has 0 spiro atoms. The first-order valence-corrected chi connectivity index (χ1v) is 26.4. The summed E-state index contributed by atoms with van der Waals surface area (Å²) in [5, 5.41) is 52.4. The van der Waals surface area contributed by atoms with Gasteiger partial charge in [0, 0.05) is 64.4 Å². The zero-order valence-electron chi connectivity index (χ0n) is 41.2. The van der Waals surface area contributed by atoms with Crippen molar-refractivity contribution in [2.24, 2.45) is 5.73 Å². The lowest BCUT2D eigenvalue weighted by atomic mass is 10.0. The van der Waals surface area contributed by atoms with Crippen LogP contribution in [0.4, 0.5) is 0 Å². The van der Waals surface area contributed by atoms with Crippen LogP contribution in [0.1, 0.15) is 76.3 Å². The van der Waals surface area contributed by atoms with Crippen LogP contribution in [-0.2, 0) is 56.0 Å². The summed E-state index contributed by atoms with van der Waals surface area (Å²) in [7, 11) is 5.22. The van der Waals surface area contributed by atoms with E-state index in [-0.39, 0.29) is 56.7 Å². The van der Waals surface area contributed by atoms with Crippen molar-refractivity contribution in [2.45, 2.75) is 121 Å². The minimum absolute atomic E-state index is 0.0383. The minimum Gasteiger partial charge on any atom is -0.508 e. The highest BCUT2D eigenvalue weighted by Gasteiger charge is 2.38. The number of amides is 8. The Balaban J connectivity index is 2.01. The van der Waals surface area contributed by atoms with Gasteiger partial charge in [-0.25, -0.2) is 4.79 Å². The fourth-order valence-electron chi connectivity index (χ4n) is 7.51. The molecule has 3 rings (SSSR count). The number of phenols is 1. The van der Waals surface area contributed by atoms with Crippen LogP contribution in [0, 0.1) is 0 Å². The van der Waals surface area contributed by atoms with Gasteiger partial charge in [0.25, 0.3) is 0 Å². The van der Waals surface area contributed by atoms with Crippen LogP contribution >= 0.6 is 21.6 Å². The van der Waals surface area contributed by atoms with E-state index in [2.05, 4.69) is 26.6 Å². The average molecular weight is 1050 g/mol. The van der Waals surface area contributed by atoms with Gasteiger partial charge >= 0.3 is 5.97 Å². The maximum absolute atomic E-state index is 14.8. The molecule has 1 heterocycles. The Kier molecular flexibility index (Phi) is 26.4. The molecule has 2 aromatic carbocycles. The number of likely N-dealkylation sites (N-methyl/N-ethyl adjacent to an activating group) is 2. The fourth-order valence-corrected chi connectivity index (χ4v) is 9.48. The molecule has 2 aromatic rings. The second kappa shape index (κ2) is 31.5. The van der Waals surface area contributed by atoms with Crippen LogP contribution in [0.2, 0.25) is 0 Å². The van der Waals surface area contributed by atoms with Crippen molar-refractivity contribution < 1.29 is 63.6 Å². The van der Waals surface area contributed by atoms with Crippen LogP contribution in [0.15, 0.2) is 54.6 Å². The smallest absolute Gasteiger partial charge is 0.354 e. The molecule has 0 aromatic heterocycles. The van der Waals surface area contributed by atoms with Crippen molar-refractivity contribution in [3.63, 3.8) is 0 Å². The molecule has 7 atom stereocenters. The Morgan fingerprint density at radius 3 is 2.03 bits per heavy atom. The zero-order valence-corrected chi connectivity index (χ0v) is 42.9. The monoisotopic (exact) mass is 1050 g/mol. The number of rotatable bonds is 24. The number of aliphatic hydroxyl groups is 2. The van der Waals surface area contributed by atoms with Gasteiger partial charge in [-0.1, -0.05) is 77.4 Å². The summed E-state index contributed by atoms with van der Waals surface area (Å²) in [5.41, 5.74) is 6.79. The highest BCUT2D eigenvalue weighted by Crippen LogP contribution is 2.23. The van der Waals surface area contributed by atoms with E-state index in [9.17, 15) is 58.5 Å². The predicted molar refractivity (Wildman–Crippen MR) is 271 cm³/mol. The van der Waals surface area contributed by atoms with Crippen molar-refractivity contribution in [3.05, 3.63) is 65.7 Å². The molecule has 0 saturated carbocycles. The maximum Gasteiger partial charge on any atom is 0.354 e. The number of carbonyl (C=O) groups excluding carboxylic acids is 8. The Bertz CT molecular complexity index is 2120. The molecule has 0 radical (unpaired) electrons. The van der Waals surface area contributed by atoms with Crippen molar-refractivity contribution in [2.75, 3.05) is 51.8 Å². The van der Waals surface area contributed by atoms with Gasteiger partial charge in [-0.2, -0.15) is 0 Å². The van der Waals surface area contributed by atoms with Crippen LogP contribution < -0.4 is 32.3 Å². The first kappa shape index (κ1) is 60.4. The lowest BCUT2D eigenvalue weighted by Crippen LogP contribution is -2.62. The van der Waals surface area contributed by atoms with Gasteiger partial charge < -0.3 is 67.4 Å². The largest absolute Gasteiger partial charge is 0.508 e. The van der Waals surface area contributed by atoms with E-state index in [1.54, 1.807) is 35.2 Å². The normalized spacial score (nSPS) is 20.4. The number of unbranched alkanes of at least 4 members (excludes halogenated alkanes) is 2. The quantitative estimate of drug-likeness (QED) is 0.0364. The molecule has 11 N–H and O–H groups in total. The molecular weight excluding hydrogens is 975 g/mol. The maximum atomic E-state index is 14.8. The summed E-state index contributed by atoms with van der Waals surface area (Å²) in [6.45, 7) is 3.52. The number of phenolic OH excluding ortho intramolecular Hbond substituents is 1. The van der Waals surface area contributed by atoms with Crippen LogP contribution in [0.5, 0.6) is 5.75 Å². The van der Waals surface area contributed by atoms with Crippen molar-refractivity contribution in [1.29, 1.82) is 0 Å². The molecule has 8 amide bonds. The molecule has 0 bridgehead atoms. The SMILES string of the molecule is CCCCN(CCSSCCC(=O)N(C)[C@@H](O)C(=O)O)C(=O)CC[C@H]1C(=O)N[C@@H](Cc2ccc(O)cc2)C(=O)NCC(=O)N[C@@H](CCCCN)C(=O)N[C@@H]([C@@H](C)O)C(=O)N[C@@H](Cc2ccccc2)C(=O)N1C. The summed E-state index contributed by atoms with van der Waals surface area (Å²) < 4.78 is 0. The number of nitrogens with one attached hydrogen (secondary N) is 5. The standard InChI is InChI=1S/C48H71N9O13S2/c1-5-6-23-57(24-26-72-71-25-21-39(61)56(4)47(68)48(69)70)40(62)20-19-37-44(65)52-35(27-32-15-17-33(59)18-16-32)42(63)50-29-38(60)51-34(14-10-11-22-49)43(64)54-41(30(2)58)45(66)53-36(46(67)55(37)3)28-31-12-8-7-9-13-31/h7-9,12-13,15-18,30,34-37,41,47,58-59,68H,5-6,10-11,14,19-29,49H2,1-4H3,(H,50,63)(H,51,60)(H,52,65)(H,53,66)(H,54,64)(H,69,70)/t30-,34+,35+,36+,37+,41+,47+/m1/s1. The average Bonchev–Trinajstić information content (AvgIpc) is 3.35. The van der Waals surface area contributed by atoms with Gasteiger partial charge in [0.05, 0.1) is 12.6 Å². The second-order valence-corrected chi connectivity index (χ2v) is 20.1. The highest BCUT2D eigenvalue weighted by molar-refractivity contribution is 8.76. The number of nitrogens with two attached hydrogens (primary N) is 1. The molecule has 0 aliphatic carbocycles. The number of aliphatic carboxylic acids is 1. The Morgan fingerprint density at radius 1 is 0.750 bits per heavy atom. The van der Waals surface area contributed by atoms with E-state index in [4.69, 9.17) is 10.8 Å². The molecular formula is C48H71N9O13S2. The van der Waals surface area contributed by atoms with Gasteiger partial charge in [-0.05, 0) is 68.8 Å². The minimum atomic E-state index is -1.97. The van der Waals surface area contributed by atoms with Gasteiger partial charge in [0.2, 0.25) is 53.5 Å². The first-order chi connectivity index (χ1) is 34.3. The predicted octanol–water partition coefficient (Wildman–Crippen LogP) is -0.375. The summed E-state index contributed by atoms with van der Waals surface area (Å²) in [6.07, 6.45) is -1.89. The lowest BCUT2D eigenvalue weighted by Gasteiger charge is -2.33. The Labute approximate surface area is 427 Å². The highest BCUT2D eigenvalue weighted by atomic mass is 33.1. The molecule has 1 aliphatic heterocycles. The third-order valence-electron chi connectivity index (χ3n) is 11.8. The summed E-state index contributed by atoms with van der Waals surface area (Å²) in [5.74, 6) is -6.75. The Hall–Kier alpha value is -5.95. The molecule has 1 saturated heterocycles. The Morgan fingerprint density at radius 2 is 1.39 bits per heavy atom. The van der Waals surface area contributed by atoms with E-state index in [0.29, 0.717) is 55.0 Å². The second-order valence-electron chi connectivity index (χ2n) is 17.4. The first-order valence-electron chi connectivity index (χ1n) is 23.9. The number of hydrogen-bond acceptors (Lipinski definition) is 15. The lowest BCUT2D eigenvalue weighted by molar-refractivity contribution is -0.163. The molecule has 1 fully saturated rings. The van der Waals surface area contributed by atoms with Crippen molar-refractivity contribution in [3.8, 4) is 5.75 Å². The number of aliphatic hydroxyl groups excluding tert-OH is 2. The number of nitrogens with zero attached hydrogens (tertiary/aromatic N) is 3. The number of carbonyl (C=O) groups is 9. The molecule has 72 heavy (non-hydrogen) atoms. The van der Waals surface area contributed by atoms with Crippen LogP contribution in [0.25, 0.3) is 0 Å².